The SMILES string of the molecule is O=Cc1cn(Cc2ccc(Cl)c(Cl)c2)c2ncccc12. The molecule has 1 aromatic carbocycles. The fourth-order valence-electron chi connectivity index (χ4n) is 2.20. The zero-order valence-electron chi connectivity index (χ0n) is 10.4. The molecule has 3 rings (SSSR count). The maximum Gasteiger partial charge on any atom is 0.152 e. The molecule has 20 heavy (non-hydrogen) atoms. The van der Waals surface area contributed by atoms with Crippen LogP contribution in [0.25, 0.3) is 11.0 Å². The Morgan fingerprint density at radius 3 is 2.80 bits per heavy atom. The van der Waals surface area contributed by atoms with Crippen molar-refractivity contribution in [3.63, 3.8) is 0 Å². The van der Waals surface area contributed by atoms with Crippen molar-refractivity contribution in [1.82, 2.24) is 9.55 Å². The highest BCUT2D eigenvalue weighted by Crippen LogP contribution is 2.24. The fraction of sp³-hybridized carbons (Fsp3) is 0.0667. The summed E-state index contributed by atoms with van der Waals surface area (Å²) >= 11 is 11.9. The Kier molecular flexibility index (Phi) is 3.47. The van der Waals surface area contributed by atoms with Crippen LogP contribution in [0.4, 0.5) is 0 Å². The van der Waals surface area contributed by atoms with E-state index < -0.39 is 0 Å². The van der Waals surface area contributed by atoms with Gasteiger partial charge < -0.3 is 4.57 Å². The lowest BCUT2D eigenvalue weighted by Gasteiger charge is -2.06. The van der Waals surface area contributed by atoms with Crippen molar-refractivity contribution in [3.05, 3.63) is 63.9 Å². The summed E-state index contributed by atoms with van der Waals surface area (Å²) in [4.78, 5) is 15.4. The summed E-state index contributed by atoms with van der Waals surface area (Å²) in [5.74, 6) is 0. The molecule has 100 valence electrons. The van der Waals surface area contributed by atoms with Gasteiger partial charge in [-0.05, 0) is 29.8 Å². The number of carbonyl (C=O) groups excluding carboxylic acids is 1. The number of pyridine rings is 1. The van der Waals surface area contributed by atoms with Gasteiger partial charge in [-0.15, -0.1) is 0 Å². The van der Waals surface area contributed by atoms with Gasteiger partial charge in [0.25, 0.3) is 0 Å². The number of aldehydes is 1. The Bertz CT molecular complexity index is 796. The largest absolute Gasteiger partial charge is 0.327 e. The van der Waals surface area contributed by atoms with Crippen molar-refractivity contribution >= 4 is 40.5 Å². The quantitative estimate of drug-likeness (QED) is 0.680. The first kappa shape index (κ1) is 13.2. The molecular formula is C15H10Cl2N2O. The molecule has 0 fully saturated rings. The summed E-state index contributed by atoms with van der Waals surface area (Å²) in [5.41, 5.74) is 2.41. The van der Waals surface area contributed by atoms with Gasteiger partial charge in [0.05, 0.1) is 10.0 Å². The lowest BCUT2D eigenvalue weighted by molar-refractivity contribution is 0.112. The van der Waals surface area contributed by atoms with Crippen molar-refractivity contribution in [1.29, 1.82) is 0 Å². The van der Waals surface area contributed by atoms with E-state index in [2.05, 4.69) is 4.98 Å². The molecule has 0 amide bonds. The van der Waals surface area contributed by atoms with Crippen LogP contribution in [0, 0.1) is 0 Å². The highest BCUT2D eigenvalue weighted by atomic mass is 35.5. The van der Waals surface area contributed by atoms with Gasteiger partial charge in [0, 0.05) is 29.9 Å². The predicted molar refractivity (Wildman–Crippen MR) is 80.7 cm³/mol. The third-order valence-corrected chi connectivity index (χ3v) is 3.87. The summed E-state index contributed by atoms with van der Waals surface area (Å²) in [7, 11) is 0. The predicted octanol–water partition coefficient (Wildman–Crippen LogP) is 4.20. The molecule has 5 heteroatoms. The van der Waals surface area contributed by atoms with Gasteiger partial charge in [0.15, 0.2) is 6.29 Å². The molecule has 0 aliphatic rings. The maximum atomic E-state index is 11.1. The number of nitrogens with zero attached hydrogens (tertiary/aromatic N) is 2. The first-order valence-corrected chi connectivity index (χ1v) is 6.77. The molecule has 0 N–H and O–H groups in total. The number of halogens is 2. The molecule has 0 radical (unpaired) electrons. The summed E-state index contributed by atoms with van der Waals surface area (Å²) in [5, 5.41) is 1.89. The van der Waals surface area contributed by atoms with Gasteiger partial charge in [-0.2, -0.15) is 0 Å². The van der Waals surface area contributed by atoms with Crippen LogP contribution in [0.15, 0.2) is 42.7 Å². The standard InChI is InChI=1S/C15H10Cl2N2O/c16-13-4-3-10(6-14(13)17)7-19-8-11(9-20)12-2-1-5-18-15(12)19/h1-6,8-9H,7H2. The molecule has 0 aliphatic carbocycles. The van der Waals surface area contributed by atoms with E-state index in [9.17, 15) is 4.79 Å². The topological polar surface area (TPSA) is 34.9 Å². The molecule has 0 saturated carbocycles. The van der Waals surface area contributed by atoms with E-state index in [-0.39, 0.29) is 0 Å². The van der Waals surface area contributed by atoms with Crippen molar-refractivity contribution in [2.24, 2.45) is 0 Å². The number of benzene rings is 1. The maximum absolute atomic E-state index is 11.1. The van der Waals surface area contributed by atoms with Gasteiger partial charge in [-0.3, -0.25) is 4.79 Å². The zero-order chi connectivity index (χ0) is 14.1. The van der Waals surface area contributed by atoms with Crippen LogP contribution < -0.4 is 0 Å². The Morgan fingerprint density at radius 2 is 2.05 bits per heavy atom. The lowest BCUT2D eigenvalue weighted by atomic mass is 10.2. The molecule has 0 spiro atoms. The minimum absolute atomic E-state index is 0.518. The van der Waals surface area contributed by atoms with E-state index in [1.54, 1.807) is 18.5 Å². The number of rotatable bonds is 3. The summed E-state index contributed by atoms with van der Waals surface area (Å²) < 4.78 is 1.93. The van der Waals surface area contributed by atoms with Crippen molar-refractivity contribution < 1.29 is 4.79 Å². The second-order valence-corrected chi connectivity index (χ2v) is 5.27. The van der Waals surface area contributed by atoms with Crippen molar-refractivity contribution in [2.75, 3.05) is 0 Å². The minimum Gasteiger partial charge on any atom is -0.327 e. The summed E-state index contributed by atoms with van der Waals surface area (Å²) in [6.07, 6.45) is 4.35. The van der Waals surface area contributed by atoms with Crippen LogP contribution in [0.5, 0.6) is 0 Å². The van der Waals surface area contributed by atoms with Crippen LogP contribution >= 0.6 is 23.2 Å². The smallest absolute Gasteiger partial charge is 0.152 e. The molecule has 0 unspecified atom stereocenters. The zero-order valence-corrected chi connectivity index (χ0v) is 11.9. The normalized spacial score (nSPS) is 10.9. The van der Waals surface area contributed by atoms with Gasteiger partial charge in [-0.1, -0.05) is 29.3 Å². The minimum atomic E-state index is 0.518. The first-order valence-electron chi connectivity index (χ1n) is 6.02. The lowest BCUT2D eigenvalue weighted by Crippen LogP contribution is -1.99. The van der Waals surface area contributed by atoms with E-state index >= 15 is 0 Å². The van der Waals surface area contributed by atoms with E-state index in [4.69, 9.17) is 23.2 Å². The third kappa shape index (κ3) is 2.30. The number of aromatic nitrogens is 2. The van der Waals surface area contributed by atoms with Crippen LogP contribution in [0.1, 0.15) is 15.9 Å². The van der Waals surface area contributed by atoms with Gasteiger partial charge in [0.2, 0.25) is 0 Å². The molecule has 0 saturated heterocycles. The van der Waals surface area contributed by atoms with Crippen LogP contribution in [0.2, 0.25) is 10.0 Å². The fourth-order valence-corrected chi connectivity index (χ4v) is 2.52. The van der Waals surface area contributed by atoms with Crippen molar-refractivity contribution in [3.8, 4) is 0 Å². The number of carbonyl (C=O) groups is 1. The van der Waals surface area contributed by atoms with Gasteiger partial charge in [-0.25, -0.2) is 4.98 Å². The Morgan fingerprint density at radius 1 is 1.20 bits per heavy atom. The first-order chi connectivity index (χ1) is 9.69. The monoisotopic (exact) mass is 304 g/mol. The highest BCUT2D eigenvalue weighted by molar-refractivity contribution is 6.42. The Balaban J connectivity index is 2.06. The number of hydrogen-bond acceptors (Lipinski definition) is 2. The Labute approximate surface area is 125 Å². The van der Waals surface area contributed by atoms with Crippen molar-refractivity contribution in [2.45, 2.75) is 6.54 Å². The summed E-state index contributed by atoms with van der Waals surface area (Å²) in [6, 6.07) is 9.19. The van der Waals surface area contributed by atoms with Gasteiger partial charge in [0.1, 0.15) is 5.65 Å². The highest BCUT2D eigenvalue weighted by Gasteiger charge is 2.09. The van der Waals surface area contributed by atoms with E-state index in [0.717, 1.165) is 22.9 Å². The van der Waals surface area contributed by atoms with E-state index in [0.29, 0.717) is 22.2 Å². The molecule has 0 atom stereocenters. The average Bonchev–Trinajstić information content (AvgIpc) is 2.81. The number of fused-ring (bicyclic) bond motifs is 1. The van der Waals surface area contributed by atoms with E-state index in [1.807, 2.05) is 28.8 Å². The second-order valence-electron chi connectivity index (χ2n) is 4.45. The molecule has 3 aromatic rings. The molecule has 2 heterocycles. The van der Waals surface area contributed by atoms with Gasteiger partial charge >= 0.3 is 0 Å². The average molecular weight is 305 g/mol. The third-order valence-electron chi connectivity index (χ3n) is 3.13. The van der Waals surface area contributed by atoms with Crippen LogP contribution in [0.3, 0.4) is 0 Å². The second kappa shape index (κ2) is 5.27. The molecule has 3 nitrogen and oxygen atoms in total. The molecule has 0 aliphatic heterocycles. The number of hydrogen-bond donors (Lipinski definition) is 0. The molecule has 0 bridgehead atoms. The van der Waals surface area contributed by atoms with Crippen LogP contribution in [-0.4, -0.2) is 15.8 Å². The van der Waals surface area contributed by atoms with E-state index in [1.165, 1.54) is 0 Å². The molecular weight excluding hydrogens is 295 g/mol. The van der Waals surface area contributed by atoms with Crippen LogP contribution in [-0.2, 0) is 6.54 Å². The molecule has 2 aromatic heterocycles. The summed E-state index contributed by atoms with van der Waals surface area (Å²) in [6.45, 7) is 0.582. The Hall–Kier alpha value is -1.84.